The van der Waals surface area contributed by atoms with Crippen molar-refractivity contribution < 1.29 is 85.7 Å². The summed E-state index contributed by atoms with van der Waals surface area (Å²) in [5.41, 5.74) is 3.32. The molecular weight excluding hydrogens is 678 g/mol. The van der Waals surface area contributed by atoms with Crippen molar-refractivity contribution in [3.8, 4) is 0 Å². The zero-order chi connectivity index (χ0) is 31.5. The van der Waals surface area contributed by atoms with E-state index in [9.17, 15) is 0 Å². The van der Waals surface area contributed by atoms with Crippen LogP contribution in [0.4, 0.5) is 0 Å². The Kier molecular flexibility index (Phi) is 21.8. The summed E-state index contributed by atoms with van der Waals surface area (Å²) in [5.74, 6) is 0. The molecule has 2 saturated heterocycles. The van der Waals surface area contributed by atoms with Gasteiger partial charge in [0, 0.05) is 26.4 Å². The maximum atomic E-state index is 4.94. The second-order valence-electron chi connectivity index (χ2n) is 10.1. The molecule has 49 heavy (non-hydrogen) atoms. The Morgan fingerprint density at radius 2 is 0.633 bits per heavy atom. The molecule has 0 atom stereocenters. The van der Waals surface area contributed by atoms with Crippen molar-refractivity contribution >= 4 is 44.1 Å². The molecule has 0 spiro atoms. The number of hydrogen-bond acceptors (Lipinski definition) is 6. The Bertz CT molecular complexity index is 1560. The van der Waals surface area contributed by atoms with E-state index in [1.807, 2.05) is 72.8 Å². The molecule has 8 aromatic heterocycles. The number of aromatic nitrogens is 8. The Morgan fingerprint density at radius 1 is 0.388 bits per heavy atom. The van der Waals surface area contributed by atoms with Gasteiger partial charge in [0.15, 0.2) is 0 Å². The van der Waals surface area contributed by atoms with E-state index in [0.29, 0.717) is 0 Å². The van der Waals surface area contributed by atoms with E-state index in [-0.39, 0.29) is 76.2 Å². The minimum absolute atomic E-state index is 0. The van der Waals surface area contributed by atoms with Crippen molar-refractivity contribution in [2.24, 2.45) is 0 Å². The third-order valence-electron chi connectivity index (χ3n) is 6.73. The van der Waals surface area contributed by atoms with Crippen molar-refractivity contribution in [2.45, 2.75) is 25.7 Å². The number of nitrogens with zero attached hydrogens (tertiary/aromatic N) is 8. The molecule has 2 fully saturated rings. The topological polar surface area (TPSA) is 126 Å². The molecule has 10 heterocycles. The van der Waals surface area contributed by atoms with Gasteiger partial charge in [-0.1, -0.05) is 145 Å². The zero-order valence-electron chi connectivity index (χ0n) is 28.0. The monoisotopic (exact) mass is 714 g/mol. The molecule has 0 saturated carbocycles. The van der Waals surface area contributed by atoms with Crippen LogP contribution in [0.3, 0.4) is 0 Å². The second-order valence-corrected chi connectivity index (χ2v) is 10.1. The third kappa shape index (κ3) is 14.9. The molecule has 242 valence electrons. The number of fused-ring (bicyclic) bond motifs is 4. The van der Waals surface area contributed by atoms with Crippen LogP contribution in [0.15, 0.2) is 122 Å². The normalized spacial score (nSPS) is 12.4. The molecule has 10 nitrogen and oxygen atoms in total. The maximum Gasteiger partial charge on any atom is 2.00 e. The predicted molar refractivity (Wildman–Crippen MR) is 180 cm³/mol. The van der Waals surface area contributed by atoms with E-state index in [4.69, 9.17) is 9.47 Å². The standard InChI is InChI=1S/4C7H5N2.2C4H8O.Fe.2Na/c4*1-2-6-3-5-9-7(6)8-4-1;2*1-2-4-5-3-1;;;/h4*1-5H;2*1-4H2;;;/q4*-1;;;+2;2*+1. The van der Waals surface area contributed by atoms with Crippen LogP contribution in [-0.2, 0) is 26.5 Å². The van der Waals surface area contributed by atoms with Crippen LogP contribution in [0.2, 0.25) is 0 Å². The van der Waals surface area contributed by atoms with Crippen LogP contribution >= 0.6 is 0 Å². The summed E-state index contributed by atoms with van der Waals surface area (Å²) < 4.78 is 9.89. The van der Waals surface area contributed by atoms with Crippen molar-refractivity contribution in [3.63, 3.8) is 0 Å². The predicted octanol–water partition coefficient (Wildman–Crippen LogP) is 0.367. The molecule has 0 unspecified atom stereocenters. The largest absolute Gasteiger partial charge is 2.00 e. The molecule has 2 aliphatic rings. The molecule has 10 rings (SSSR count). The van der Waals surface area contributed by atoms with E-state index in [2.05, 4.69) is 39.9 Å². The van der Waals surface area contributed by atoms with Gasteiger partial charge in [0.1, 0.15) is 0 Å². The fraction of sp³-hybridized carbons (Fsp3) is 0.222. The summed E-state index contributed by atoms with van der Waals surface area (Å²) in [6, 6.07) is 23.4. The summed E-state index contributed by atoms with van der Waals surface area (Å²) in [4.78, 5) is 32.2. The molecule has 13 heteroatoms. The Balaban J connectivity index is 0.000000205. The van der Waals surface area contributed by atoms with Crippen LogP contribution in [0.5, 0.6) is 0 Å². The number of ether oxygens (including phenoxy) is 2. The summed E-state index contributed by atoms with van der Waals surface area (Å²) in [7, 11) is 0. The van der Waals surface area contributed by atoms with Crippen molar-refractivity contribution in [2.75, 3.05) is 26.4 Å². The van der Waals surface area contributed by atoms with Crippen LogP contribution in [0.25, 0.3) is 44.1 Å². The van der Waals surface area contributed by atoms with Gasteiger partial charge in [0.25, 0.3) is 0 Å². The van der Waals surface area contributed by atoms with Gasteiger partial charge >= 0.3 is 76.2 Å². The van der Waals surface area contributed by atoms with Gasteiger partial charge in [0.2, 0.25) is 0 Å². The number of rotatable bonds is 0. The number of hydrogen-bond donors (Lipinski definition) is 0. The summed E-state index contributed by atoms with van der Waals surface area (Å²) in [6.45, 7) is 4.00. The fourth-order valence-corrected chi connectivity index (χ4v) is 4.36. The average molecular weight is 715 g/mol. The minimum Gasteiger partial charge on any atom is -0.442 e. The molecule has 0 N–H and O–H groups in total. The average Bonchev–Trinajstić information content (AvgIpc) is 3.98. The fourth-order valence-electron chi connectivity index (χ4n) is 4.36. The zero-order valence-corrected chi connectivity index (χ0v) is 33.1. The Hall–Kier alpha value is -2.80. The van der Waals surface area contributed by atoms with Crippen molar-refractivity contribution in [1.29, 1.82) is 0 Å². The van der Waals surface area contributed by atoms with Crippen LogP contribution < -0.4 is 79.1 Å². The van der Waals surface area contributed by atoms with E-state index in [1.54, 1.807) is 49.6 Å². The Labute approximate surface area is 341 Å². The van der Waals surface area contributed by atoms with Crippen LogP contribution in [0.1, 0.15) is 25.7 Å². The first-order valence-electron chi connectivity index (χ1n) is 15.3. The quantitative estimate of drug-likeness (QED) is 0.204. The van der Waals surface area contributed by atoms with Crippen LogP contribution in [-0.4, -0.2) is 46.4 Å². The van der Waals surface area contributed by atoms with Gasteiger partial charge in [-0.25, -0.2) is 0 Å². The Morgan fingerprint density at radius 3 is 0.816 bits per heavy atom. The SMILES string of the molecule is C1CCOC1.C1CCOC1.[Fe+2].[Na+].[Na+].c1cnc2[n-]ccc2c1.c1cnc2[n-]ccc2c1.c1cnc2[n-]ccc2c1.c1cnc2[n-]ccc2c1. The molecule has 0 radical (unpaired) electrons. The third-order valence-corrected chi connectivity index (χ3v) is 6.73. The molecule has 2 aliphatic heterocycles. The maximum absolute atomic E-state index is 4.94. The van der Waals surface area contributed by atoms with E-state index >= 15 is 0 Å². The van der Waals surface area contributed by atoms with Gasteiger partial charge in [-0.15, -0.1) is 0 Å². The first kappa shape index (κ1) is 42.4. The van der Waals surface area contributed by atoms with Crippen molar-refractivity contribution in [1.82, 2.24) is 39.9 Å². The molecule has 0 bridgehead atoms. The first-order valence-corrected chi connectivity index (χ1v) is 15.3. The van der Waals surface area contributed by atoms with E-state index < -0.39 is 0 Å². The van der Waals surface area contributed by atoms with Gasteiger partial charge < -0.3 is 49.3 Å². The van der Waals surface area contributed by atoms with Crippen LogP contribution in [0, 0.1) is 0 Å². The van der Waals surface area contributed by atoms with Gasteiger partial charge in [0.05, 0.1) is 0 Å². The minimum atomic E-state index is 0. The molecule has 0 aromatic carbocycles. The second kappa shape index (κ2) is 25.2. The number of pyridine rings is 4. The molecule has 0 amide bonds. The first-order chi connectivity index (χ1) is 22.9. The molecule has 0 aliphatic carbocycles. The van der Waals surface area contributed by atoms with E-state index in [0.717, 1.165) is 70.6 Å². The summed E-state index contributed by atoms with van der Waals surface area (Å²) in [5, 5.41) is 4.44. The van der Waals surface area contributed by atoms with Gasteiger partial charge in [-0.05, 0) is 47.2 Å². The summed E-state index contributed by atoms with van der Waals surface area (Å²) >= 11 is 0. The smallest absolute Gasteiger partial charge is 0.442 e. The summed E-state index contributed by atoms with van der Waals surface area (Å²) in [6.07, 6.45) is 19.1. The molecule has 8 aromatic rings. The van der Waals surface area contributed by atoms with Crippen molar-refractivity contribution in [3.05, 3.63) is 122 Å². The van der Waals surface area contributed by atoms with E-state index in [1.165, 1.54) is 25.7 Å². The van der Waals surface area contributed by atoms with Gasteiger partial charge in [-0.3, -0.25) is 0 Å². The molecular formula is C36H36FeN8Na2O2. The van der Waals surface area contributed by atoms with Gasteiger partial charge in [-0.2, -0.15) is 0 Å².